The van der Waals surface area contributed by atoms with Gasteiger partial charge in [-0.3, -0.25) is 14.4 Å². The molecule has 2 aromatic rings. The number of aromatic nitrogens is 2. The number of aliphatic carboxylic acids is 1. The van der Waals surface area contributed by atoms with Gasteiger partial charge in [-0.1, -0.05) is 0 Å². The minimum absolute atomic E-state index is 0.0657. The highest BCUT2D eigenvalue weighted by atomic mass is 16.5. The van der Waals surface area contributed by atoms with E-state index in [-0.39, 0.29) is 36.6 Å². The number of aromatic amines is 1. The monoisotopic (exact) mass is 475 g/mol. The topological polar surface area (TPSA) is 223 Å². The van der Waals surface area contributed by atoms with Gasteiger partial charge >= 0.3 is 11.5 Å². The van der Waals surface area contributed by atoms with E-state index >= 15 is 0 Å². The highest BCUT2D eigenvalue weighted by Gasteiger charge is 2.29. The van der Waals surface area contributed by atoms with E-state index in [9.17, 15) is 24.3 Å². The summed E-state index contributed by atoms with van der Waals surface area (Å²) in [7, 11) is 0. The lowest BCUT2D eigenvalue weighted by molar-refractivity contribution is -0.140. The van der Waals surface area contributed by atoms with Crippen molar-refractivity contribution in [1.82, 2.24) is 15.3 Å². The van der Waals surface area contributed by atoms with Crippen molar-refractivity contribution >= 4 is 41.4 Å². The fraction of sp³-hybridized carbons (Fsp3) is 0.350. The van der Waals surface area contributed by atoms with Gasteiger partial charge in [-0.05, 0) is 30.7 Å². The minimum atomic E-state index is -1.67. The molecule has 0 fully saturated rings. The standard InChI is InChI=1S/C20H25N7O7/c21-20-25-16-15(18(32)26-20)27(9-28)12(8-23-16)7-22-11-3-1-10(2-4-11)17(31)24-13(19(33)34)5-6-14(29)30/h1-4,9,12-14,22,29-30H,5-8H2,(H,24,31)(H,33,34)(H4,21,23,25,26,32)/t12-,13-/m0/s1. The molecular formula is C20H25N7O7. The lowest BCUT2D eigenvalue weighted by Gasteiger charge is -2.34. The van der Waals surface area contributed by atoms with E-state index in [2.05, 4.69) is 25.9 Å². The lowest BCUT2D eigenvalue weighted by atomic mass is 10.1. The van der Waals surface area contributed by atoms with Crippen LogP contribution < -0.4 is 32.1 Å². The normalized spacial score (nSPS) is 15.7. The molecular weight excluding hydrogens is 450 g/mol. The van der Waals surface area contributed by atoms with Gasteiger partial charge in [0.15, 0.2) is 12.0 Å². The zero-order valence-corrected chi connectivity index (χ0v) is 17.9. The Bertz CT molecular complexity index is 1100. The van der Waals surface area contributed by atoms with Crippen LogP contribution in [-0.2, 0) is 9.59 Å². The van der Waals surface area contributed by atoms with Crippen LogP contribution in [0.3, 0.4) is 0 Å². The third-order valence-electron chi connectivity index (χ3n) is 5.20. The van der Waals surface area contributed by atoms with Gasteiger partial charge in [0, 0.05) is 30.8 Å². The molecule has 0 radical (unpaired) electrons. The van der Waals surface area contributed by atoms with E-state index in [0.29, 0.717) is 24.5 Å². The number of carboxylic acid groups (broad SMARTS) is 1. The third-order valence-corrected chi connectivity index (χ3v) is 5.20. The van der Waals surface area contributed by atoms with Crippen molar-refractivity contribution in [3.8, 4) is 0 Å². The number of carbonyl (C=O) groups excluding carboxylic acids is 2. The average Bonchev–Trinajstić information content (AvgIpc) is 2.79. The summed E-state index contributed by atoms with van der Waals surface area (Å²) < 4.78 is 0. The molecule has 0 bridgehead atoms. The van der Waals surface area contributed by atoms with Crippen molar-refractivity contribution in [2.75, 3.05) is 34.4 Å². The predicted molar refractivity (Wildman–Crippen MR) is 121 cm³/mol. The summed E-state index contributed by atoms with van der Waals surface area (Å²) in [5.74, 6) is -1.67. The third kappa shape index (κ3) is 5.79. The number of carboxylic acids is 1. The second-order valence-electron chi connectivity index (χ2n) is 7.58. The molecule has 0 spiro atoms. The van der Waals surface area contributed by atoms with Gasteiger partial charge in [0.2, 0.25) is 12.4 Å². The summed E-state index contributed by atoms with van der Waals surface area (Å²) in [6.07, 6.45) is -1.47. The van der Waals surface area contributed by atoms with Crippen molar-refractivity contribution in [3.63, 3.8) is 0 Å². The Morgan fingerprint density at radius 3 is 2.59 bits per heavy atom. The van der Waals surface area contributed by atoms with Crippen molar-refractivity contribution < 1.29 is 29.7 Å². The summed E-state index contributed by atoms with van der Waals surface area (Å²) in [5.41, 5.74) is 5.79. The first kappa shape index (κ1) is 24.5. The molecule has 2 atom stereocenters. The molecule has 14 nitrogen and oxygen atoms in total. The maximum Gasteiger partial charge on any atom is 0.326 e. The Hall–Kier alpha value is -4.17. The van der Waals surface area contributed by atoms with E-state index in [1.807, 2.05) is 0 Å². The number of nitrogens with zero attached hydrogens (tertiary/aromatic N) is 2. The SMILES string of the molecule is Nc1nc(=O)c2c([nH]1)NC[C@H](CNc1ccc(C(=O)N[C@@H](CCC(O)O)C(=O)O)cc1)N2C=O. The largest absolute Gasteiger partial charge is 0.480 e. The molecule has 2 heterocycles. The highest BCUT2D eigenvalue weighted by Crippen LogP contribution is 2.25. The van der Waals surface area contributed by atoms with E-state index in [1.165, 1.54) is 17.0 Å². The number of hydrogen-bond donors (Lipinski definition) is 8. The highest BCUT2D eigenvalue weighted by molar-refractivity contribution is 5.96. The molecule has 0 saturated heterocycles. The molecule has 3 rings (SSSR count). The zero-order chi connectivity index (χ0) is 24.8. The number of hydrogen-bond acceptors (Lipinski definition) is 10. The molecule has 34 heavy (non-hydrogen) atoms. The molecule has 1 aromatic carbocycles. The molecule has 0 unspecified atom stereocenters. The van der Waals surface area contributed by atoms with Gasteiger partial charge in [-0.15, -0.1) is 0 Å². The van der Waals surface area contributed by atoms with Crippen molar-refractivity contribution in [2.24, 2.45) is 0 Å². The summed E-state index contributed by atoms with van der Waals surface area (Å²) in [6, 6.07) is 4.50. The number of nitrogen functional groups attached to an aromatic ring is 1. The number of nitrogens with one attached hydrogen (secondary N) is 4. The predicted octanol–water partition coefficient (Wildman–Crippen LogP) is -1.50. The number of rotatable bonds is 10. The van der Waals surface area contributed by atoms with Crippen molar-refractivity contribution in [2.45, 2.75) is 31.2 Å². The van der Waals surface area contributed by atoms with Gasteiger partial charge in [0.05, 0.1) is 6.04 Å². The van der Waals surface area contributed by atoms with Crippen LogP contribution in [-0.4, -0.2) is 75.0 Å². The van der Waals surface area contributed by atoms with Crippen LogP contribution in [0.25, 0.3) is 0 Å². The van der Waals surface area contributed by atoms with Gasteiger partial charge in [0.1, 0.15) is 11.9 Å². The Balaban J connectivity index is 1.61. The van der Waals surface area contributed by atoms with Gasteiger partial charge in [-0.2, -0.15) is 4.98 Å². The van der Waals surface area contributed by atoms with Gasteiger partial charge in [0.25, 0.3) is 5.91 Å². The summed E-state index contributed by atoms with van der Waals surface area (Å²) in [6.45, 7) is 0.600. The van der Waals surface area contributed by atoms with Crippen LogP contribution in [0.1, 0.15) is 23.2 Å². The molecule has 2 amide bonds. The van der Waals surface area contributed by atoms with Gasteiger partial charge in [-0.25, -0.2) is 4.79 Å². The van der Waals surface area contributed by atoms with Gasteiger partial charge < -0.3 is 46.9 Å². The Kier molecular flexibility index (Phi) is 7.65. The summed E-state index contributed by atoms with van der Waals surface area (Å²) >= 11 is 0. The van der Waals surface area contributed by atoms with Crippen molar-refractivity contribution in [3.05, 3.63) is 40.2 Å². The molecule has 1 aliphatic heterocycles. The van der Waals surface area contributed by atoms with Crippen LogP contribution in [0.5, 0.6) is 0 Å². The molecule has 0 aliphatic carbocycles. The quantitative estimate of drug-likeness (QED) is 0.146. The van der Waals surface area contributed by atoms with E-state index in [4.69, 9.17) is 15.9 Å². The maximum absolute atomic E-state index is 12.4. The summed E-state index contributed by atoms with van der Waals surface area (Å²) in [4.78, 5) is 55.1. The fourth-order valence-electron chi connectivity index (χ4n) is 3.45. The molecule has 9 N–H and O–H groups in total. The lowest BCUT2D eigenvalue weighted by Crippen LogP contribution is -2.50. The number of benzene rings is 1. The molecule has 14 heteroatoms. The number of H-pyrrole nitrogens is 1. The van der Waals surface area contributed by atoms with Crippen LogP contribution >= 0.6 is 0 Å². The van der Waals surface area contributed by atoms with E-state index in [1.54, 1.807) is 12.1 Å². The van der Waals surface area contributed by atoms with Crippen LogP contribution in [0.2, 0.25) is 0 Å². The number of aliphatic hydroxyl groups excluding tert-OH is 1. The first-order valence-corrected chi connectivity index (χ1v) is 10.3. The number of fused-ring (bicyclic) bond motifs is 1. The number of aliphatic hydroxyl groups is 2. The zero-order valence-electron chi connectivity index (χ0n) is 17.9. The number of amides is 2. The average molecular weight is 475 g/mol. The number of nitrogens with two attached hydrogens (primary N) is 1. The van der Waals surface area contributed by atoms with Crippen LogP contribution in [0.4, 0.5) is 23.1 Å². The molecule has 1 aromatic heterocycles. The van der Waals surface area contributed by atoms with Crippen LogP contribution in [0.15, 0.2) is 29.1 Å². The Morgan fingerprint density at radius 1 is 1.26 bits per heavy atom. The van der Waals surface area contributed by atoms with E-state index < -0.39 is 35.8 Å². The Labute approximate surface area is 192 Å². The smallest absolute Gasteiger partial charge is 0.326 e. The summed E-state index contributed by atoms with van der Waals surface area (Å²) in [5, 5.41) is 35.5. The molecule has 1 aliphatic rings. The van der Waals surface area contributed by atoms with Crippen LogP contribution in [0, 0.1) is 0 Å². The minimum Gasteiger partial charge on any atom is -0.480 e. The second-order valence-corrected chi connectivity index (χ2v) is 7.58. The number of carbonyl (C=O) groups is 3. The molecule has 182 valence electrons. The Morgan fingerprint density at radius 2 is 1.97 bits per heavy atom. The first-order chi connectivity index (χ1) is 16.2. The second kappa shape index (κ2) is 10.6. The fourth-order valence-corrected chi connectivity index (χ4v) is 3.45. The van der Waals surface area contributed by atoms with E-state index in [0.717, 1.165) is 0 Å². The maximum atomic E-state index is 12.4. The first-order valence-electron chi connectivity index (χ1n) is 10.3. The molecule has 0 saturated carbocycles. The number of anilines is 4. The van der Waals surface area contributed by atoms with Crippen molar-refractivity contribution in [1.29, 1.82) is 0 Å².